The van der Waals surface area contributed by atoms with Crippen molar-refractivity contribution in [2.45, 2.75) is 38.5 Å². The Kier molecular flexibility index (Phi) is 5.46. The fourth-order valence-corrected chi connectivity index (χ4v) is 3.32. The van der Waals surface area contributed by atoms with Crippen LogP contribution in [0.15, 0.2) is 16.6 Å². The van der Waals surface area contributed by atoms with Crippen LogP contribution in [0, 0.1) is 5.92 Å². The number of ether oxygens (including phenoxy) is 2. The first-order valence-electron chi connectivity index (χ1n) is 7.13. The van der Waals surface area contributed by atoms with Gasteiger partial charge in [0.1, 0.15) is 0 Å². The summed E-state index contributed by atoms with van der Waals surface area (Å²) in [5.74, 6) is 1.61. The maximum atomic E-state index is 12.7. The van der Waals surface area contributed by atoms with Crippen LogP contribution in [-0.2, 0) is 0 Å². The number of hydrogen-bond donors (Lipinski definition) is 0. The van der Waals surface area contributed by atoms with E-state index < -0.39 is 0 Å². The first-order chi connectivity index (χ1) is 9.67. The van der Waals surface area contributed by atoms with Gasteiger partial charge in [0, 0.05) is 16.0 Å². The fraction of sp³-hybridized carbons (Fsp3) is 0.562. The van der Waals surface area contributed by atoms with Crippen LogP contribution < -0.4 is 9.47 Å². The molecule has 0 aromatic heterocycles. The minimum Gasteiger partial charge on any atom is -0.493 e. The molecule has 0 saturated heterocycles. The van der Waals surface area contributed by atoms with E-state index in [4.69, 9.17) is 9.47 Å². The number of methoxy groups -OCH3 is 2. The molecule has 1 aliphatic carbocycles. The number of benzene rings is 1. The van der Waals surface area contributed by atoms with Crippen LogP contribution in [0.2, 0.25) is 0 Å². The lowest BCUT2D eigenvalue weighted by Gasteiger charge is -2.16. The maximum absolute atomic E-state index is 12.7. The van der Waals surface area contributed by atoms with Gasteiger partial charge >= 0.3 is 0 Å². The van der Waals surface area contributed by atoms with E-state index >= 15 is 0 Å². The van der Waals surface area contributed by atoms with Crippen molar-refractivity contribution in [3.63, 3.8) is 0 Å². The Morgan fingerprint density at radius 3 is 2.15 bits per heavy atom. The number of hydrogen-bond acceptors (Lipinski definition) is 3. The first kappa shape index (κ1) is 15.4. The van der Waals surface area contributed by atoms with Crippen molar-refractivity contribution in [2.75, 3.05) is 14.2 Å². The summed E-state index contributed by atoms with van der Waals surface area (Å²) < 4.78 is 11.3. The highest BCUT2D eigenvalue weighted by Crippen LogP contribution is 2.36. The molecule has 2 rings (SSSR count). The Labute approximate surface area is 128 Å². The molecule has 0 N–H and O–H groups in total. The van der Waals surface area contributed by atoms with Gasteiger partial charge in [-0.2, -0.15) is 0 Å². The second kappa shape index (κ2) is 7.11. The molecule has 1 aliphatic rings. The first-order valence-corrected chi connectivity index (χ1v) is 7.92. The normalized spacial score (nSPS) is 16.6. The molecule has 0 unspecified atom stereocenters. The van der Waals surface area contributed by atoms with Crippen molar-refractivity contribution in [1.82, 2.24) is 0 Å². The summed E-state index contributed by atoms with van der Waals surface area (Å²) in [6, 6.07) is 3.60. The van der Waals surface area contributed by atoms with Crippen molar-refractivity contribution in [3.8, 4) is 11.5 Å². The van der Waals surface area contributed by atoms with Gasteiger partial charge in [-0.1, -0.05) is 25.7 Å². The van der Waals surface area contributed by atoms with E-state index in [0.29, 0.717) is 17.1 Å². The van der Waals surface area contributed by atoms with Crippen molar-refractivity contribution >= 4 is 21.7 Å². The van der Waals surface area contributed by atoms with Crippen LogP contribution in [0.25, 0.3) is 0 Å². The Morgan fingerprint density at radius 1 is 1.05 bits per heavy atom. The molecule has 1 saturated carbocycles. The summed E-state index contributed by atoms with van der Waals surface area (Å²) in [5.41, 5.74) is 0.703. The van der Waals surface area contributed by atoms with Crippen molar-refractivity contribution in [2.24, 2.45) is 5.92 Å². The number of Topliss-reactive ketones (excluding diaryl/α,β-unsaturated/α-hetero) is 1. The summed E-state index contributed by atoms with van der Waals surface area (Å²) in [7, 11) is 3.18. The van der Waals surface area contributed by atoms with Gasteiger partial charge in [-0.15, -0.1) is 0 Å². The van der Waals surface area contributed by atoms with Gasteiger partial charge in [-0.25, -0.2) is 0 Å². The summed E-state index contributed by atoms with van der Waals surface area (Å²) >= 11 is 3.48. The van der Waals surface area contributed by atoms with Crippen LogP contribution in [0.3, 0.4) is 0 Å². The predicted octanol–water partition coefficient (Wildman–Crippen LogP) is 4.62. The standard InChI is InChI=1S/C16H21BrO3/c1-19-14-9-12(13(17)10-15(14)20-2)16(18)11-7-5-3-4-6-8-11/h9-11H,3-8H2,1-2H3. The lowest BCUT2D eigenvalue weighted by atomic mass is 9.91. The van der Waals surface area contributed by atoms with E-state index in [0.717, 1.165) is 30.2 Å². The summed E-state index contributed by atoms with van der Waals surface area (Å²) in [4.78, 5) is 12.7. The Bertz CT molecular complexity index is 477. The largest absolute Gasteiger partial charge is 0.493 e. The average molecular weight is 341 g/mol. The van der Waals surface area contributed by atoms with E-state index in [9.17, 15) is 4.79 Å². The molecule has 110 valence electrons. The van der Waals surface area contributed by atoms with E-state index in [2.05, 4.69) is 15.9 Å². The lowest BCUT2D eigenvalue weighted by molar-refractivity contribution is 0.0906. The van der Waals surface area contributed by atoms with Crippen LogP contribution in [0.5, 0.6) is 11.5 Å². The summed E-state index contributed by atoms with van der Waals surface area (Å²) in [5, 5.41) is 0. The summed E-state index contributed by atoms with van der Waals surface area (Å²) in [6.45, 7) is 0. The van der Waals surface area contributed by atoms with Crippen molar-refractivity contribution in [1.29, 1.82) is 0 Å². The smallest absolute Gasteiger partial charge is 0.167 e. The zero-order valence-electron chi connectivity index (χ0n) is 12.1. The molecular formula is C16H21BrO3. The number of carbonyl (C=O) groups is 1. The van der Waals surface area contributed by atoms with Gasteiger partial charge in [0.05, 0.1) is 14.2 Å². The highest BCUT2D eigenvalue weighted by atomic mass is 79.9. The third-order valence-corrected chi connectivity index (χ3v) is 4.62. The molecule has 0 spiro atoms. The van der Waals surface area contributed by atoms with Gasteiger partial charge in [-0.05, 0) is 40.9 Å². The molecule has 1 fully saturated rings. The molecule has 0 radical (unpaired) electrons. The quantitative estimate of drug-likeness (QED) is 0.592. The van der Waals surface area contributed by atoms with Gasteiger partial charge in [-0.3, -0.25) is 4.79 Å². The van der Waals surface area contributed by atoms with Crippen molar-refractivity contribution < 1.29 is 14.3 Å². The fourth-order valence-electron chi connectivity index (χ4n) is 2.80. The Balaban J connectivity index is 2.28. The molecule has 0 bridgehead atoms. The van der Waals surface area contributed by atoms with Crippen LogP contribution in [0.1, 0.15) is 48.9 Å². The van der Waals surface area contributed by atoms with Crippen molar-refractivity contribution in [3.05, 3.63) is 22.2 Å². The lowest BCUT2D eigenvalue weighted by Crippen LogP contribution is -2.15. The second-order valence-corrected chi connectivity index (χ2v) is 6.09. The van der Waals surface area contributed by atoms with Crippen LogP contribution >= 0.6 is 15.9 Å². The van der Waals surface area contributed by atoms with Gasteiger partial charge < -0.3 is 9.47 Å². The topological polar surface area (TPSA) is 35.5 Å². The number of halogens is 1. The molecule has 4 heteroatoms. The van der Waals surface area contributed by atoms with E-state index in [-0.39, 0.29) is 11.7 Å². The highest BCUT2D eigenvalue weighted by Gasteiger charge is 2.24. The van der Waals surface area contributed by atoms with E-state index in [1.807, 2.05) is 6.07 Å². The average Bonchev–Trinajstić information content (AvgIpc) is 2.75. The number of rotatable bonds is 4. The molecule has 0 aliphatic heterocycles. The maximum Gasteiger partial charge on any atom is 0.167 e. The molecule has 1 aromatic carbocycles. The zero-order valence-corrected chi connectivity index (χ0v) is 13.7. The van der Waals surface area contributed by atoms with E-state index in [1.165, 1.54) is 12.8 Å². The second-order valence-electron chi connectivity index (χ2n) is 5.24. The Hall–Kier alpha value is -1.03. The SMILES string of the molecule is COc1cc(Br)c(C(=O)C2CCCCCC2)cc1OC. The molecule has 0 atom stereocenters. The molecule has 20 heavy (non-hydrogen) atoms. The molecule has 0 amide bonds. The predicted molar refractivity (Wildman–Crippen MR) is 82.8 cm³/mol. The highest BCUT2D eigenvalue weighted by molar-refractivity contribution is 9.10. The van der Waals surface area contributed by atoms with Gasteiger partial charge in [0.2, 0.25) is 0 Å². The molecule has 0 heterocycles. The minimum absolute atomic E-state index is 0.145. The van der Waals surface area contributed by atoms with E-state index in [1.54, 1.807) is 20.3 Å². The number of ketones is 1. The minimum atomic E-state index is 0.145. The molecular weight excluding hydrogens is 320 g/mol. The third kappa shape index (κ3) is 3.35. The van der Waals surface area contributed by atoms with Gasteiger partial charge in [0.15, 0.2) is 17.3 Å². The van der Waals surface area contributed by atoms with Crippen LogP contribution in [0.4, 0.5) is 0 Å². The molecule has 3 nitrogen and oxygen atoms in total. The summed E-state index contributed by atoms with van der Waals surface area (Å²) in [6.07, 6.45) is 6.80. The molecule has 1 aromatic rings. The zero-order chi connectivity index (χ0) is 14.5. The monoisotopic (exact) mass is 340 g/mol. The third-order valence-electron chi connectivity index (χ3n) is 3.96. The number of carbonyl (C=O) groups excluding carboxylic acids is 1. The van der Waals surface area contributed by atoms with Crippen LogP contribution in [-0.4, -0.2) is 20.0 Å². The Morgan fingerprint density at radius 2 is 1.60 bits per heavy atom. The van der Waals surface area contributed by atoms with Gasteiger partial charge in [0.25, 0.3) is 0 Å².